The van der Waals surface area contributed by atoms with Crippen molar-refractivity contribution in [1.29, 1.82) is 0 Å². The molecule has 4 heteroatoms. The van der Waals surface area contributed by atoms with E-state index in [1.807, 2.05) is 11.3 Å². The van der Waals surface area contributed by atoms with Crippen LogP contribution in [0.5, 0.6) is 0 Å². The number of likely N-dealkylation sites (tertiary alicyclic amines) is 1. The zero-order valence-electron chi connectivity index (χ0n) is 12.0. The molecule has 102 valence electrons. The molecule has 0 bridgehead atoms. The zero-order chi connectivity index (χ0) is 13.1. The normalized spacial score (nSPS) is 22.6. The van der Waals surface area contributed by atoms with Crippen LogP contribution in [0.3, 0.4) is 0 Å². The quantitative estimate of drug-likeness (QED) is 0.889. The molecule has 1 aliphatic rings. The number of aryl methyl sites for hydroxylation is 2. The van der Waals surface area contributed by atoms with E-state index in [0.29, 0.717) is 12.1 Å². The van der Waals surface area contributed by atoms with Crippen LogP contribution >= 0.6 is 11.3 Å². The van der Waals surface area contributed by atoms with Gasteiger partial charge in [-0.25, -0.2) is 4.98 Å². The number of nitrogens with zero attached hydrogens (tertiary/aromatic N) is 2. The SMILES string of the molecule is CCCNC1CCN(C(C)c2sc(C)nc2C)C1. The highest BCUT2D eigenvalue weighted by Crippen LogP contribution is 2.31. The maximum Gasteiger partial charge on any atom is 0.0900 e. The fraction of sp³-hybridized carbons (Fsp3) is 0.786. The number of hydrogen-bond acceptors (Lipinski definition) is 4. The van der Waals surface area contributed by atoms with E-state index in [1.54, 1.807) is 0 Å². The summed E-state index contributed by atoms with van der Waals surface area (Å²) >= 11 is 1.86. The van der Waals surface area contributed by atoms with E-state index in [-0.39, 0.29) is 0 Å². The van der Waals surface area contributed by atoms with Crippen LogP contribution in [0, 0.1) is 13.8 Å². The first-order valence-corrected chi connectivity index (χ1v) is 7.84. The molecule has 1 aromatic heterocycles. The molecular formula is C14H25N3S. The Bertz CT molecular complexity index is 388. The molecule has 1 fully saturated rings. The smallest absolute Gasteiger partial charge is 0.0900 e. The molecule has 0 aliphatic carbocycles. The Labute approximate surface area is 115 Å². The van der Waals surface area contributed by atoms with Gasteiger partial charge in [0.1, 0.15) is 0 Å². The third-order valence-electron chi connectivity index (χ3n) is 3.77. The monoisotopic (exact) mass is 267 g/mol. The molecule has 1 aromatic rings. The standard InChI is InChI=1S/C14H25N3S/c1-5-7-15-13-6-8-17(9-13)11(3)14-10(2)16-12(4)18-14/h11,13,15H,5-9H2,1-4H3. The first-order valence-electron chi connectivity index (χ1n) is 7.03. The predicted octanol–water partition coefficient (Wildman–Crippen LogP) is 2.89. The Balaban J connectivity index is 1.94. The van der Waals surface area contributed by atoms with Crippen molar-refractivity contribution in [2.24, 2.45) is 0 Å². The van der Waals surface area contributed by atoms with Crippen LogP contribution in [0.15, 0.2) is 0 Å². The topological polar surface area (TPSA) is 28.2 Å². The molecule has 1 N–H and O–H groups in total. The average Bonchev–Trinajstić information content (AvgIpc) is 2.92. The van der Waals surface area contributed by atoms with E-state index in [9.17, 15) is 0 Å². The van der Waals surface area contributed by atoms with Gasteiger partial charge in [0.2, 0.25) is 0 Å². The third-order valence-corrected chi connectivity index (χ3v) is 5.01. The summed E-state index contributed by atoms with van der Waals surface area (Å²) in [5, 5.41) is 4.82. The third kappa shape index (κ3) is 3.11. The Morgan fingerprint density at radius 2 is 2.28 bits per heavy atom. The van der Waals surface area contributed by atoms with E-state index in [2.05, 4.69) is 42.9 Å². The lowest BCUT2D eigenvalue weighted by atomic mass is 10.2. The summed E-state index contributed by atoms with van der Waals surface area (Å²) in [6.45, 7) is 12.3. The van der Waals surface area contributed by atoms with Gasteiger partial charge in [-0.1, -0.05) is 6.92 Å². The molecule has 0 radical (unpaired) electrons. The molecule has 0 amide bonds. The lowest BCUT2D eigenvalue weighted by Gasteiger charge is -2.24. The fourth-order valence-electron chi connectivity index (χ4n) is 2.75. The highest BCUT2D eigenvalue weighted by atomic mass is 32.1. The second-order valence-corrected chi connectivity index (χ2v) is 6.53. The Kier molecular flexibility index (Phi) is 4.76. The molecular weight excluding hydrogens is 242 g/mol. The summed E-state index contributed by atoms with van der Waals surface area (Å²) in [5.74, 6) is 0. The second-order valence-electron chi connectivity index (χ2n) is 5.29. The Hall–Kier alpha value is -0.450. The van der Waals surface area contributed by atoms with Crippen LogP contribution in [0.1, 0.15) is 48.3 Å². The number of nitrogens with one attached hydrogen (secondary N) is 1. The minimum Gasteiger partial charge on any atom is -0.313 e. The van der Waals surface area contributed by atoms with Crippen LogP contribution in [-0.4, -0.2) is 35.6 Å². The summed E-state index contributed by atoms with van der Waals surface area (Å²) in [7, 11) is 0. The van der Waals surface area contributed by atoms with Crippen LogP contribution in [-0.2, 0) is 0 Å². The maximum absolute atomic E-state index is 4.55. The molecule has 1 saturated heterocycles. The van der Waals surface area contributed by atoms with Gasteiger partial charge in [-0.05, 0) is 40.2 Å². The van der Waals surface area contributed by atoms with Gasteiger partial charge in [-0.15, -0.1) is 11.3 Å². The van der Waals surface area contributed by atoms with Gasteiger partial charge < -0.3 is 5.32 Å². The molecule has 0 spiro atoms. The molecule has 0 aromatic carbocycles. The first kappa shape index (κ1) is 14.0. The zero-order valence-corrected chi connectivity index (χ0v) is 12.8. The first-order chi connectivity index (χ1) is 8.61. The minimum absolute atomic E-state index is 0.518. The molecule has 1 aliphatic heterocycles. The molecule has 2 heterocycles. The average molecular weight is 267 g/mol. The van der Waals surface area contributed by atoms with Crippen LogP contribution in [0.4, 0.5) is 0 Å². The van der Waals surface area contributed by atoms with Crippen molar-refractivity contribution >= 4 is 11.3 Å². The summed E-state index contributed by atoms with van der Waals surface area (Å²) in [6, 6.07) is 1.20. The van der Waals surface area contributed by atoms with Gasteiger partial charge in [-0.3, -0.25) is 4.90 Å². The van der Waals surface area contributed by atoms with Crippen LogP contribution in [0.25, 0.3) is 0 Å². The molecule has 18 heavy (non-hydrogen) atoms. The minimum atomic E-state index is 0.518. The van der Waals surface area contributed by atoms with Gasteiger partial charge in [0.25, 0.3) is 0 Å². The van der Waals surface area contributed by atoms with Crippen molar-refractivity contribution in [3.8, 4) is 0 Å². The largest absolute Gasteiger partial charge is 0.313 e. The summed E-state index contributed by atoms with van der Waals surface area (Å²) in [4.78, 5) is 8.59. The van der Waals surface area contributed by atoms with Crippen LogP contribution < -0.4 is 5.32 Å². The van der Waals surface area contributed by atoms with Crippen LogP contribution in [0.2, 0.25) is 0 Å². The van der Waals surface area contributed by atoms with Crippen molar-refractivity contribution in [3.05, 3.63) is 15.6 Å². The van der Waals surface area contributed by atoms with E-state index in [1.165, 1.54) is 41.5 Å². The number of hydrogen-bond donors (Lipinski definition) is 1. The van der Waals surface area contributed by atoms with Gasteiger partial charge in [0, 0.05) is 30.1 Å². The highest BCUT2D eigenvalue weighted by Gasteiger charge is 2.28. The van der Waals surface area contributed by atoms with E-state index < -0.39 is 0 Å². The van der Waals surface area contributed by atoms with Crippen molar-refractivity contribution in [2.45, 2.75) is 52.6 Å². The lowest BCUT2D eigenvalue weighted by Crippen LogP contribution is -2.33. The van der Waals surface area contributed by atoms with Crippen molar-refractivity contribution in [1.82, 2.24) is 15.2 Å². The van der Waals surface area contributed by atoms with Crippen molar-refractivity contribution < 1.29 is 0 Å². The van der Waals surface area contributed by atoms with Gasteiger partial charge >= 0.3 is 0 Å². The Morgan fingerprint density at radius 1 is 1.50 bits per heavy atom. The molecule has 2 unspecified atom stereocenters. The van der Waals surface area contributed by atoms with Crippen molar-refractivity contribution in [2.75, 3.05) is 19.6 Å². The predicted molar refractivity (Wildman–Crippen MR) is 78.3 cm³/mol. The number of rotatable bonds is 5. The van der Waals surface area contributed by atoms with Gasteiger partial charge in [0.05, 0.1) is 10.7 Å². The number of aromatic nitrogens is 1. The molecule has 2 rings (SSSR count). The van der Waals surface area contributed by atoms with Gasteiger partial charge in [-0.2, -0.15) is 0 Å². The molecule has 0 saturated carbocycles. The maximum atomic E-state index is 4.55. The van der Waals surface area contributed by atoms with Crippen molar-refractivity contribution in [3.63, 3.8) is 0 Å². The second kappa shape index (κ2) is 6.13. The summed E-state index contributed by atoms with van der Waals surface area (Å²) < 4.78 is 0. The molecule has 2 atom stereocenters. The van der Waals surface area contributed by atoms with E-state index >= 15 is 0 Å². The highest BCUT2D eigenvalue weighted by molar-refractivity contribution is 7.11. The summed E-state index contributed by atoms with van der Waals surface area (Å²) in [6.07, 6.45) is 2.50. The van der Waals surface area contributed by atoms with E-state index in [4.69, 9.17) is 0 Å². The lowest BCUT2D eigenvalue weighted by molar-refractivity contribution is 0.258. The fourth-order valence-corrected chi connectivity index (χ4v) is 3.77. The number of thiazole rings is 1. The van der Waals surface area contributed by atoms with E-state index in [0.717, 1.165) is 6.54 Å². The Morgan fingerprint density at radius 3 is 2.89 bits per heavy atom. The summed E-state index contributed by atoms with van der Waals surface area (Å²) in [5.41, 5.74) is 1.22. The van der Waals surface area contributed by atoms with Gasteiger partial charge in [0.15, 0.2) is 0 Å². The molecule has 3 nitrogen and oxygen atoms in total.